The molecule has 0 radical (unpaired) electrons. The van der Waals surface area contributed by atoms with E-state index in [0.717, 1.165) is 11.6 Å². The Kier molecular flexibility index (Phi) is 4.61. The zero-order valence-electron chi connectivity index (χ0n) is 14.2. The van der Waals surface area contributed by atoms with E-state index in [4.69, 9.17) is 16.3 Å². The zero-order valence-corrected chi connectivity index (χ0v) is 14.9. The molecule has 2 aromatic carbocycles. The van der Waals surface area contributed by atoms with Gasteiger partial charge in [-0.3, -0.25) is 4.79 Å². The van der Waals surface area contributed by atoms with E-state index in [1.54, 1.807) is 6.07 Å². The summed E-state index contributed by atoms with van der Waals surface area (Å²) in [6.45, 7) is 3.77. The van der Waals surface area contributed by atoms with Gasteiger partial charge in [0.25, 0.3) is 0 Å². The first kappa shape index (κ1) is 18.5. The quantitative estimate of drug-likeness (QED) is 0.490. The van der Waals surface area contributed by atoms with Crippen LogP contribution in [0.25, 0.3) is 6.08 Å². The van der Waals surface area contributed by atoms with Gasteiger partial charge in [0.1, 0.15) is 16.9 Å². The summed E-state index contributed by atoms with van der Waals surface area (Å²) in [6, 6.07) is 10.2. The summed E-state index contributed by atoms with van der Waals surface area (Å²) >= 11 is 5.75. The van der Waals surface area contributed by atoms with Crippen LogP contribution in [-0.4, -0.2) is 17.6 Å². The molecule has 0 aliphatic carbocycles. The van der Waals surface area contributed by atoms with Gasteiger partial charge in [-0.05, 0) is 61.4 Å². The number of allylic oxidation sites excluding steroid dienone is 1. The molecule has 0 N–H and O–H groups in total. The lowest BCUT2D eigenvalue weighted by atomic mass is 9.96. The average Bonchev–Trinajstić information content (AvgIpc) is 2.85. The first-order chi connectivity index (χ1) is 12.0. The van der Waals surface area contributed by atoms with E-state index in [9.17, 15) is 18.0 Å². The molecular formula is C20H16ClF3O2. The Morgan fingerprint density at radius 3 is 2.42 bits per heavy atom. The van der Waals surface area contributed by atoms with Gasteiger partial charge in [-0.15, -0.1) is 0 Å². The predicted molar refractivity (Wildman–Crippen MR) is 94.7 cm³/mol. The van der Waals surface area contributed by atoms with Gasteiger partial charge in [0.2, 0.25) is 0 Å². The van der Waals surface area contributed by atoms with Crippen molar-refractivity contribution in [2.75, 3.05) is 0 Å². The second-order valence-corrected chi connectivity index (χ2v) is 7.23. The molecule has 0 saturated heterocycles. The molecule has 1 aliphatic heterocycles. The van der Waals surface area contributed by atoms with Crippen molar-refractivity contribution < 1.29 is 22.7 Å². The second kappa shape index (κ2) is 6.47. The number of benzene rings is 2. The molecule has 0 amide bonds. The number of Topliss-reactive ketones (excluding diaryl/α,β-unsaturated/α-hetero) is 1. The number of hydrogen-bond donors (Lipinski definition) is 0. The molecule has 0 atom stereocenters. The van der Waals surface area contributed by atoms with Crippen LogP contribution in [0.3, 0.4) is 0 Å². The van der Waals surface area contributed by atoms with Crippen LogP contribution in [0.2, 0.25) is 5.02 Å². The first-order valence-electron chi connectivity index (χ1n) is 7.96. The number of fused-ring (bicyclic) bond motifs is 1. The molecule has 1 heterocycles. The molecule has 2 aromatic rings. The molecule has 2 nitrogen and oxygen atoms in total. The number of carbonyl (C=O) groups excluding carboxylic acids is 1. The van der Waals surface area contributed by atoms with Crippen molar-refractivity contribution in [2.24, 2.45) is 0 Å². The van der Waals surface area contributed by atoms with Crippen LogP contribution < -0.4 is 4.74 Å². The topological polar surface area (TPSA) is 26.3 Å². The van der Waals surface area contributed by atoms with Gasteiger partial charge in [-0.1, -0.05) is 23.7 Å². The maximum absolute atomic E-state index is 13.5. The monoisotopic (exact) mass is 380 g/mol. The number of ether oxygens (including phenoxy) is 1. The Morgan fingerprint density at radius 2 is 1.81 bits per heavy atom. The van der Waals surface area contributed by atoms with Gasteiger partial charge in [0.05, 0.1) is 0 Å². The molecule has 1 aliphatic rings. The number of hydrogen-bond acceptors (Lipinski definition) is 2. The number of halogens is 4. The standard InChI is InChI=1S/C20H16ClF3O2/c1-19(2)11-14-10-13(5-8-17(14)26-19)18(25)16(20(22,23)24)9-12-3-6-15(21)7-4-12/h3-10H,11H2,1-2H3. The van der Waals surface area contributed by atoms with Crippen molar-refractivity contribution in [1.82, 2.24) is 0 Å². The lowest BCUT2D eigenvalue weighted by molar-refractivity contribution is -0.0878. The number of carbonyl (C=O) groups is 1. The fraction of sp³-hybridized carbons (Fsp3) is 0.250. The Balaban J connectivity index is 1.98. The fourth-order valence-corrected chi connectivity index (χ4v) is 3.03. The van der Waals surface area contributed by atoms with E-state index in [2.05, 4.69) is 0 Å². The van der Waals surface area contributed by atoms with E-state index in [0.29, 0.717) is 17.2 Å². The highest BCUT2D eigenvalue weighted by Gasteiger charge is 2.39. The van der Waals surface area contributed by atoms with Crippen LogP contribution >= 0.6 is 11.6 Å². The largest absolute Gasteiger partial charge is 0.487 e. The van der Waals surface area contributed by atoms with Gasteiger partial charge in [-0.2, -0.15) is 13.2 Å². The van der Waals surface area contributed by atoms with Crippen LogP contribution in [0.15, 0.2) is 48.0 Å². The highest BCUT2D eigenvalue weighted by atomic mass is 35.5. The lowest BCUT2D eigenvalue weighted by Crippen LogP contribution is -2.24. The van der Waals surface area contributed by atoms with Crippen molar-refractivity contribution in [3.63, 3.8) is 0 Å². The molecule has 0 bridgehead atoms. The molecule has 0 fully saturated rings. The zero-order chi connectivity index (χ0) is 19.1. The molecule has 0 aromatic heterocycles. The third-order valence-electron chi connectivity index (χ3n) is 4.06. The van der Waals surface area contributed by atoms with Crippen LogP contribution in [-0.2, 0) is 6.42 Å². The third-order valence-corrected chi connectivity index (χ3v) is 4.31. The van der Waals surface area contributed by atoms with Gasteiger partial charge in [0, 0.05) is 17.0 Å². The van der Waals surface area contributed by atoms with E-state index >= 15 is 0 Å². The summed E-state index contributed by atoms with van der Waals surface area (Å²) < 4.78 is 46.1. The molecule has 26 heavy (non-hydrogen) atoms. The van der Waals surface area contributed by atoms with Crippen LogP contribution in [0.1, 0.15) is 35.3 Å². The second-order valence-electron chi connectivity index (χ2n) is 6.80. The van der Waals surface area contributed by atoms with Crippen LogP contribution in [0.4, 0.5) is 13.2 Å². The first-order valence-corrected chi connectivity index (χ1v) is 8.34. The number of ketones is 1. The van der Waals surface area contributed by atoms with Crippen LogP contribution in [0, 0.1) is 0 Å². The van der Waals surface area contributed by atoms with Gasteiger partial charge < -0.3 is 4.74 Å². The minimum Gasteiger partial charge on any atom is -0.487 e. The third kappa shape index (κ3) is 3.93. The summed E-state index contributed by atoms with van der Waals surface area (Å²) in [5.41, 5.74) is -0.689. The number of alkyl halides is 3. The Morgan fingerprint density at radius 1 is 1.15 bits per heavy atom. The molecular weight excluding hydrogens is 365 g/mol. The highest BCUT2D eigenvalue weighted by Crippen LogP contribution is 2.37. The minimum atomic E-state index is -4.77. The molecule has 0 unspecified atom stereocenters. The molecule has 136 valence electrons. The van der Waals surface area contributed by atoms with Crippen molar-refractivity contribution in [3.05, 3.63) is 69.8 Å². The Labute approximate surface area is 154 Å². The van der Waals surface area contributed by atoms with Crippen LogP contribution in [0.5, 0.6) is 5.75 Å². The summed E-state index contributed by atoms with van der Waals surface area (Å²) in [4.78, 5) is 12.6. The van der Waals surface area contributed by atoms with E-state index in [-0.39, 0.29) is 11.1 Å². The van der Waals surface area contributed by atoms with E-state index < -0.39 is 23.1 Å². The molecule has 3 rings (SSSR count). The highest BCUT2D eigenvalue weighted by molar-refractivity contribution is 6.30. The van der Waals surface area contributed by atoms with E-state index in [1.165, 1.54) is 36.4 Å². The summed E-state index contributed by atoms with van der Waals surface area (Å²) in [7, 11) is 0. The van der Waals surface area contributed by atoms with Crippen molar-refractivity contribution >= 4 is 23.5 Å². The normalized spacial score (nSPS) is 16.2. The Bertz CT molecular complexity index is 881. The van der Waals surface area contributed by atoms with Crippen molar-refractivity contribution in [3.8, 4) is 5.75 Å². The fourth-order valence-electron chi connectivity index (χ4n) is 2.91. The van der Waals surface area contributed by atoms with E-state index in [1.807, 2.05) is 13.8 Å². The smallest absolute Gasteiger partial charge is 0.420 e. The van der Waals surface area contributed by atoms with Crippen molar-refractivity contribution in [2.45, 2.75) is 32.0 Å². The van der Waals surface area contributed by atoms with Gasteiger partial charge >= 0.3 is 6.18 Å². The SMILES string of the molecule is CC1(C)Cc2cc(C(=O)C(=Cc3ccc(Cl)cc3)C(F)(F)F)ccc2O1. The molecule has 6 heteroatoms. The summed E-state index contributed by atoms with van der Waals surface area (Å²) in [6.07, 6.45) is -3.40. The molecule has 0 saturated carbocycles. The van der Waals surface area contributed by atoms with Gasteiger partial charge in [-0.25, -0.2) is 0 Å². The summed E-state index contributed by atoms with van der Waals surface area (Å²) in [5, 5.41) is 0.406. The predicted octanol–water partition coefficient (Wildman–Crippen LogP) is 5.88. The Hall–Kier alpha value is -2.27. The van der Waals surface area contributed by atoms with Gasteiger partial charge in [0.15, 0.2) is 5.78 Å². The average molecular weight is 381 g/mol. The van der Waals surface area contributed by atoms with Crippen molar-refractivity contribution in [1.29, 1.82) is 0 Å². The maximum Gasteiger partial charge on any atom is 0.420 e. The molecule has 0 spiro atoms. The lowest BCUT2D eigenvalue weighted by Gasteiger charge is -2.16. The minimum absolute atomic E-state index is 0.0115. The maximum atomic E-state index is 13.5. The number of rotatable bonds is 3. The summed E-state index contributed by atoms with van der Waals surface area (Å²) in [5.74, 6) is -0.471.